The first kappa shape index (κ1) is 16.1. The zero-order valence-electron chi connectivity index (χ0n) is 13.9. The molecule has 0 aromatic carbocycles. The highest BCUT2D eigenvalue weighted by molar-refractivity contribution is 6.05. The molecule has 134 valence electrons. The molecule has 0 spiro atoms. The molecule has 3 aliphatic heterocycles. The van der Waals surface area contributed by atoms with E-state index in [2.05, 4.69) is 5.32 Å². The number of aliphatic hydroxyl groups is 1. The van der Waals surface area contributed by atoms with Crippen LogP contribution in [-0.2, 0) is 23.9 Å². The molecule has 2 fully saturated rings. The number of nitrogens with zero attached hydrogens (tertiary/aromatic N) is 1. The van der Waals surface area contributed by atoms with Gasteiger partial charge in [-0.1, -0.05) is 6.92 Å². The number of carbonyl (C=O) groups excluding carboxylic acids is 3. The first-order chi connectivity index (χ1) is 11.9. The van der Waals surface area contributed by atoms with Crippen molar-refractivity contribution in [3.63, 3.8) is 0 Å². The predicted molar refractivity (Wildman–Crippen MR) is 83.6 cm³/mol. The van der Waals surface area contributed by atoms with Crippen molar-refractivity contribution in [3.05, 3.63) is 23.2 Å². The van der Waals surface area contributed by atoms with Crippen LogP contribution in [0.2, 0.25) is 0 Å². The normalized spacial score (nSPS) is 34.7. The molecule has 8 heteroatoms. The van der Waals surface area contributed by atoms with Crippen LogP contribution in [-0.4, -0.2) is 59.6 Å². The van der Waals surface area contributed by atoms with Gasteiger partial charge in [-0.25, -0.2) is 0 Å². The lowest BCUT2D eigenvalue weighted by molar-refractivity contribution is -0.142. The Hall–Kier alpha value is -2.35. The van der Waals surface area contributed by atoms with Gasteiger partial charge in [0, 0.05) is 30.4 Å². The molecule has 3 heterocycles. The minimum Gasteiger partial charge on any atom is -0.486 e. The number of hydrogen-bond acceptors (Lipinski definition) is 6. The van der Waals surface area contributed by atoms with Gasteiger partial charge in [0.1, 0.15) is 18.4 Å². The maximum Gasteiger partial charge on any atom is 0.251 e. The Morgan fingerprint density at radius 1 is 1.40 bits per heavy atom. The van der Waals surface area contributed by atoms with Crippen molar-refractivity contribution in [2.24, 2.45) is 5.41 Å². The Morgan fingerprint density at radius 3 is 2.92 bits per heavy atom. The fourth-order valence-electron chi connectivity index (χ4n) is 3.95. The Bertz CT molecular complexity index is 727. The van der Waals surface area contributed by atoms with E-state index in [-0.39, 0.29) is 31.4 Å². The summed E-state index contributed by atoms with van der Waals surface area (Å²) in [6, 6.07) is -0.627. The van der Waals surface area contributed by atoms with Crippen LogP contribution in [0.15, 0.2) is 23.2 Å². The van der Waals surface area contributed by atoms with Gasteiger partial charge in [-0.15, -0.1) is 0 Å². The lowest BCUT2D eigenvalue weighted by atomic mass is 9.77. The van der Waals surface area contributed by atoms with Gasteiger partial charge >= 0.3 is 0 Å². The van der Waals surface area contributed by atoms with Crippen molar-refractivity contribution in [2.45, 2.75) is 38.3 Å². The summed E-state index contributed by atoms with van der Waals surface area (Å²) >= 11 is 0. The van der Waals surface area contributed by atoms with Gasteiger partial charge in [-0.3, -0.25) is 19.7 Å². The van der Waals surface area contributed by atoms with Crippen LogP contribution in [0, 0.1) is 5.41 Å². The average molecular weight is 348 g/mol. The van der Waals surface area contributed by atoms with Crippen LogP contribution in [0.3, 0.4) is 0 Å². The predicted octanol–water partition coefficient (Wildman–Crippen LogP) is -0.410. The largest absolute Gasteiger partial charge is 0.486 e. The second-order valence-corrected chi connectivity index (χ2v) is 7.22. The maximum atomic E-state index is 12.9. The quantitative estimate of drug-likeness (QED) is 0.657. The number of piperidine rings is 1. The molecule has 1 aliphatic carbocycles. The summed E-state index contributed by atoms with van der Waals surface area (Å²) in [5, 5.41) is 11.6. The van der Waals surface area contributed by atoms with E-state index in [1.54, 1.807) is 11.0 Å². The van der Waals surface area contributed by atoms with Gasteiger partial charge in [0.15, 0.2) is 11.9 Å². The Kier molecular flexibility index (Phi) is 3.61. The Balaban J connectivity index is 1.59. The minimum atomic E-state index is -0.627. The first-order valence-corrected chi connectivity index (χ1v) is 8.41. The number of carbonyl (C=O) groups is 3. The standard InChI is InChI=1S/C17H20N2O6/c1-17-5-13-12(24-7-9(6-20)25-13)4-10(17)16(23)19(8-17)11-2-3-14(21)18-15(11)22/h4,9,11,20H,2-3,5-8H2,1H3,(H,18,21,22)/t9-,11-,17?/m0/s1. The third kappa shape index (κ3) is 2.52. The zero-order valence-corrected chi connectivity index (χ0v) is 13.9. The number of fused-ring (bicyclic) bond motifs is 1. The fourth-order valence-corrected chi connectivity index (χ4v) is 3.95. The number of likely N-dealkylation sites (tertiary alicyclic amines) is 1. The third-order valence-corrected chi connectivity index (χ3v) is 5.29. The van der Waals surface area contributed by atoms with E-state index in [0.29, 0.717) is 36.5 Å². The average Bonchev–Trinajstić information content (AvgIpc) is 2.83. The molecule has 2 saturated heterocycles. The second kappa shape index (κ2) is 5.59. The molecule has 0 aromatic heterocycles. The van der Waals surface area contributed by atoms with Crippen LogP contribution in [0.5, 0.6) is 0 Å². The Labute approximate surface area is 144 Å². The second-order valence-electron chi connectivity index (χ2n) is 7.22. The summed E-state index contributed by atoms with van der Waals surface area (Å²) in [6.07, 6.45) is 2.34. The molecule has 0 radical (unpaired) electrons. The van der Waals surface area contributed by atoms with Gasteiger partial charge in [0.2, 0.25) is 11.8 Å². The molecule has 0 saturated carbocycles. The molecular formula is C17H20N2O6. The Morgan fingerprint density at radius 2 is 2.20 bits per heavy atom. The van der Waals surface area contributed by atoms with E-state index in [1.807, 2.05) is 6.92 Å². The highest BCUT2D eigenvalue weighted by atomic mass is 16.6. The molecule has 8 nitrogen and oxygen atoms in total. The van der Waals surface area contributed by atoms with Gasteiger partial charge in [-0.2, -0.15) is 0 Å². The number of amides is 3. The highest BCUT2D eigenvalue weighted by Gasteiger charge is 2.52. The summed E-state index contributed by atoms with van der Waals surface area (Å²) in [5.74, 6) is 0.240. The SMILES string of the molecule is CC12CC3=C(C=C1C(=O)N([C@H]1CCC(=O)NC1=O)C2)OC[C@H](CO)O3. The third-order valence-electron chi connectivity index (χ3n) is 5.29. The van der Waals surface area contributed by atoms with E-state index in [9.17, 15) is 19.5 Å². The van der Waals surface area contributed by atoms with E-state index < -0.39 is 23.5 Å². The fraction of sp³-hybridized carbons (Fsp3) is 0.588. The van der Waals surface area contributed by atoms with Crippen molar-refractivity contribution in [1.82, 2.24) is 10.2 Å². The topological polar surface area (TPSA) is 105 Å². The van der Waals surface area contributed by atoms with Crippen molar-refractivity contribution in [1.29, 1.82) is 0 Å². The molecule has 1 unspecified atom stereocenters. The molecule has 0 aromatic rings. The van der Waals surface area contributed by atoms with Gasteiger partial charge in [-0.05, 0) is 12.5 Å². The molecule has 2 N–H and O–H groups in total. The monoisotopic (exact) mass is 348 g/mol. The summed E-state index contributed by atoms with van der Waals surface area (Å²) in [7, 11) is 0. The summed E-state index contributed by atoms with van der Waals surface area (Å²) in [5.41, 5.74) is 0.111. The zero-order chi connectivity index (χ0) is 17.8. The van der Waals surface area contributed by atoms with Crippen LogP contribution < -0.4 is 5.32 Å². The smallest absolute Gasteiger partial charge is 0.251 e. The van der Waals surface area contributed by atoms with Gasteiger partial charge < -0.3 is 19.5 Å². The van der Waals surface area contributed by atoms with E-state index in [0.717, 1.165) is 0 Å². The van der Waals surface area contributed by atoms with E-state index >= 15 is 0 Å². The highest BCUT2D eigenvalue weighted by Crippen LogP contribution is 2.48. The summed E-state index contributed by atoms with van der Waals surface area (Å²) < 4.78 is 11.4. The molecule has 0 bridgehead atoms. The lowest BCUT2D eigenvalue weighted by Gasteiger charge is -2.35. The number of imide groups is 1. The van der Waals surface area contributed by atoms with Crippen molar-refractivity contribution in [2.75, 3.05) is 19.8 Å². The molecule has 25 heavy (non-hydrogen) atoms. The number of nitrogens with one attached hydrogen (secondary N) is 1. The van der Waals surface area contributed by atoms with Crippen molar-refractivity contribution >= 4 is 17.7 Å². The minimum absolute atomic E-state index is 0.134. The van der Waals surface area contributed by atoms with Gasteiger partial charge in [0.05, 0.1) is 6.61 Å². The number of aliphatic hydroxyl groups excluding tert-OH is 1. The number of hydrogen-bond donors (Lipinski definition) is 2. The molecule has 3 atom stereocenters. The van der Waals surface area contributed by atoms with Crippen LogP contribution >= 0.6 is 0 Å². The van der Waals surface area contributed by atoms with E-state index in [4.69, 9.17) is 9.47 Å². The lowest BCUT2D eigenvalue weighted by Crippen LogP contribution is -2.53. The van der Waals surface area contributed by atoms with Crippen LogP contribution in [0.4, 0.5) is 0 Å². The van der Waals surface area contributed by atoms with Crippen LogP contribution in [0.25, 0.3) is 0 Å². The summed E-state index contributed by atoms with van der Waals surface area (Å²) in [6.45, 7) is 2.44. The summed E-state index contributed by atoms with van der Waals surface area (Å²) in [4.78, 5) is 38.0. The molecule has 3 amide bonds. The van der Waals surface area contributed by atoms with Crippen molar-refractivity contribution < 1.29 is 29.0 Å². The van der Waals surface area contributed by atoms with Crippen LogP contribution in [0.1, 0.15) is 26.2 Å². The van der Waals surface area contributed by atoms with Gasteiger partial charge in [0.25, 0.3) is 5.91 Å². The first-order valence-electron chi connectivity index (χ1n) is 8.41. The number of ether oxygens (including phenoxy) is 2. The molecule has 4 rings (SSSR count). The van der Waals surface area contributed by atoms with Crippen molar-refractivity contribution in [3.8, 4) is 0 Å². The number of rotatable bonds is 2. The van der Waals surface area contributed by atoms with E-state index in [1.165, 1.54) is 0 Å². The molecular weight excluding hydrogens is 328 g/mol. The maximum absolute atomic E-state index is 12.9. The number of allylic oxidation sites excluding steroid dienone is 2. The molecule has 4 aliphatic rings.